The molecule has 1 aliphatic rings. The van der Waals surface area contributed by atoms with Gasteiger partial charge in [0.2, 0.25) is 6.41 Å². The van der Waals surface area contributed by atoms with E-state index in [1.54, 1.807) is 7.11 Å². The normalized spacial score (nSPS) is 42.6. The topological polar surface area (TPSA) is 21.7 Å². The van der Waals surface area contributed by atoms with Crippen LogP contribution in [0.5, 0.6) is 0 Å². The third-order valence-corrected chi connectivity index (χ3v) is 2.19. The first kappa shape index (κ1) is 7.98. The Hall–Kier alpha value is -0.120. The lowest BCUT2D eigenvalue weighted by molar-refractivity contribution is -0.163. The summed E-state index contributed by atoms with van der Waals surface area (Å²) in [5.41, 5.74) is 0. The van der Waals surface area contributed by atoms with Crippen LogP contribution in [-0.4, -0.2) is 37.6 Å². The highest BCUT2D eigenvalue weighted by molar-refractivity contribution is 4.76. The van der Waals surface area contributed by atoms with Crippen LogP contribution in [0.3, 0.4) is 0 Å². The number of rotatable bonds is 1. The molecule has 0 aliphatic carbocycles. The van der Waals surface area contributed by atoms with E-state index in [2.05, 4.69) is 18.7 Å². The van der Waals surface area contributed by atoms with Gasteiger partial charge in [-0.2, -0.15) is 0 Å². The average Bonchev–Trinajstić information content (AvgIpc) is 2.17. The number of methoxy groups -OCH3 is 1. The van der Waals surface area contributed by atoms with Crippen LogP contribution >= 0.6 is 0 Å². The summed E-state index contributed by atoms with van der Waals surface area (Å²) in [5, 5.41) is 0. The van der Waals surface area contributed by atoms with Gasteiger partial charge in [-0.05, 0) is 20.9 Å². The Bertz CT molecular complexity index is 118. The molecule has 1 fully saturated rings. The molecule has 1 rings (SSSR count). The van der Waals surface area contributed by atoms with Gasteiger partial charge < -0.3 is 9.47 Å². The summed E-state index contributed by atoms with van der Waals surface area (Å²) in [7, 11) is 3.66. The van der Waals surface area contributed by atoms with Crippen molar-refractivity contribution >= 4 is 0 Å². The van der Waals surface area contributed by atoms with E-state index >= 15 is 0 Å². The molecule has 3 unspecified atom stereocenters. The third-order valence-electron chi connectivity index (χ3n) is 2.19. The fourth-order valence-electron chi connectivity index (χ4n) is 1.14. The van der Waals surface area contributed by atoms with Crippen LogP contribution < -0.4 is 0 Å². The van der Waals surface area contributed by atoms with Crippen LogP contribution in [0.1, 0.15) is 13.8 Å². The monoisotopic (exact) mass is 145 g/mol. The first-order valence-corrected chi connectivity index (χ1v) is 3.57. The molecule has 0 amide bonds. The zero-order chi connectivity index (χ0) is 7.72. The molecule has 60 valence electrons. The fourth-order valence-corrected chi connectivity index (χ4v) is 1.14. The van der Waals surface area contributed by atoms with Crippen LogP contribution in [0.25, 0.3) is 0 Å². The lowest BCUT2D eigenvalue weighted by Gasteiger charge is -2.18. The van der Waals surface area contributed by atoms with Gasteiger partial charge in [0.05, 0.1) is 6.10 Å². The van der Waals surface area contributed by atoms with Gasteiger partial charge in [0.15, 0.2) is 0 Å². The summed E-state index contributed by atoms with van der Waals surface area (Å²) in [6.07, 6.45) is 0.125. The van der Waals surface area contributed by atoms with Gasteiger partial charge in [0.1, 0.15) is 0 Å². The zero-order valence-electron chi connectivity index (χ0n) is 7.00. The molecule has 0 bridgehead atoms. The lowest BCUT2D eigenvalue weighted by Crippen LogP contribution is -2.33. The van der Waals surface area contributed by atoms with E-state index in [4.69, 9.17) is 9.47 Å². The Morgan fingerprint density at radius 2 is 2.00 bits per heavy atom. The van der Waals surface area contributed by atoms with Gasteiger partial charge in [0.25, 0.3) is 0 Å². The predicted octanol–water partition coefficient (Wildman–Crippen LogP) is 0.655. The number of likely N-dealkylation sites (N-methyl/N-ethyl adjacent to an activating group) is 1. The van der Waals surface area contributed by atoms with E-state index in [9.17, 15) is 0 Å². The van der Waals surface area contributed by atoms with Gasteiger partial charge in [-0.3, -0.25) is 4.90 Å². The van der Waals surface area contributed by atoms with Crippen molar-refractivity contribution in [1.82, 2.24) is 4.90 Å². The molecule has 3 heteroatoms. The van der Waals surface area contributed by atoms with Crippen LogP contribution in [0.4, 0.5) is 0 Å². The maximum absolute atomic E-state index is 5.44. The SMILES string of the molecule is COC1OC(C)C(C)N1C. The van der Waals surface area contributed by atoms with E-state index < -0.39 is 0 Å². The minimum absolute atomic E-state index is 0.148. The highest BCUT2D eigenvalue weighted by Gasteiger charge is 2.33. The number of nitrogens with zero attached hydrogens (tertiary/aromatic N) is 1. The second-order valence-corrected chi connectivity index (χ2v) is 2.79. The van der Waals surface area contributed by atoms with Crippen molar-refractivity contribution in [2.24, 2.45) is 0 Å². The van der Waals surface area contributed by atoms with Gasteiger partial charge in [-0.15, -0.1) is 0 Å². The molecular weight excluding hydrogens is 130 g/mol. The Kier molecular flexibility index (Phi) is 2.28. The van der Waals surface area contributed by atoms with Crippen molar-refractivity contribution in [1.29, 1.82) is 0 Å². The van der Waals surface area contributed by atoms with Crippen molar-refractivity contribution in [3.05, 3.63) is 0 Å². The highest BCUT2D eigenvalue weighted by Crippen LogP contribution is 2.20. The molecule has 3 atom stereocenters. The first-order valence-electron chi connectivity index (χ1n) is 3.57. The lowest BCUT2D eigenvalue weighted by atomic mass is 10.2. The molecule has 0 radical (unpaired) electrons. The molecule has 0 saturated carbocycles. The van der Waals surface area contributed by atoms with Crippen molar-refractivity contribution in [3.8, 4) is 0 Å². The average molecular weight is 145 g/mol. The minimum atomic E-state index is -0.148. The number of ether oxygens (including phenoxy) is 2. The zero-order valence-corrected chi connectivity index (χ0v) is 7.00. The Morgan fingerprint density at radius 1 is 1.40 bits per heavy atom. The molecule has 0 aromatic heterocycles. The molecular formula is C7H15NO2. The molecule has 10 heavy (non-hydrogen) atoms. The molecule has 1 aliphatic heterocycles. The van der Waals surface area contributed by atoms with E-state index in [-0.39, 0.29) is 12.5 Å². The van der Waals surface area contributed by atoms with Crippen molar-refractivity contribution in [2.45, 2.75) is 32.4 Å². The maximum Gasteiger partial charge on any atom is 0.218 e. The molecule has 0 aromatic carbocycles. The molecule has 0 aromatic rings. The van der Waals surface area contributed by atoms with Gasteiger partial charge >= 0.3 is 0 Å². The van der Waals surface area contributed by atoms with E-state index in [0.717, 1.165) is 0 Å². The standard InChI is InChI=1S/C7H15NO2/c1-5-6(2)10-7(9-4)8(5)3/h5-7H,1-4H3. The Balaban J connectivity index is 2.53. The summed E-state index contributed by atoms with van der Waals surface area (Å²) in [4.78, 5) is 2.07. The van der Waals surface area contributed by atoms with Crippen molar-refractivity contribution in [3.63, 3.8) is 0 Å². The molecule has 0 N–H and O–H groups in total. The van der Waals surface area contributed by atoms with Gasteiger partial charge in [-0.25, -0.2) is 0 Å². The number of hydrogen-bond donors (Lipinski definition) is 0. The predicted molar refractivity (Wildman–Crippen MR) is 38.6 cm³/mol. The van der Waals surface area contributed by atoms with E-state index in [1.807, 2.05) is 7.05 Å². The summed E-state index contributed by atoms with van der Waals surface area (Å²) in [5.74, 6) is 0. The summed E-state index contributed by atoms with van der Waals surface area (Å²) < 4.78 is 10.5. The highest BCUT2D eigenvalue weighted by atomic mass is 16.7. The summed E-state index contributed by atoms with van der Waals surface area (Å²) in [6.45, 7) is 4.18. The molecule has 0 spiro atoms. The largest absolute Gasteiger partial charge is 0.343 e. The van der Waals surface area contributed by atoms with Crippen LogP contribution in [-0.2, 0) is 9.47 Å². The Morgan fingerprint density at radius 3 is 2.20 bits per heavy atom. The number of hydrogen-bond acceptors (Lipinski definition) is 3. The Labute approximate surface area is 61.9 Å². The smallest absolute Gasteiger partial charge is 0.218 e. The molecule has 1 heterocycles. The third kappa shape index (κ3) is 1.17. The van der Waals surface area contributed by atoms with Crippen molar-refractivity contribution < 1.29 is 9.47 Å². The van der Waals surface area contributed by atoms with Gasteiger partial charge in [-0.1, -0.05) is 0 Å². The summed E-state index contributed by atoms with van der Waals surface area (Å²) in [6, 6.07) is 0.449. The van der Waals surface area contributed by atoms with E-state index in [0.29, 0.717) is 6.04 Å². The van der Waals surface area contributed by atoms with Crippen LogP contribution in [0.15, 0.2) is 0 Å². The quantitative estimate of drug-likeness (QED) is 0.541. The second kappa shape index (κ2) is 2.86. The van der Waals surface area contributed by atoms with Crippen LogP contribution in [0, 0.1) is 0 Å². The fraction of sp³-hybridized carbons (Fsp3) is 1.00. The second-order valence-electron chi connectivity index (χ2n) is 2.79. The minimum Gasteiger partial charge on any atom is -0.343 e. The van der Waals surface area contributed by atoms with Crippen molar-refractivity contribution in [2.75, 3.05) is 14.2 Å². The summed E-state index contributed by atoms with van der Waals surface area (Å²) >= 11 is 0. The van der Waals surface area contributed by atoms with E-state index in [1.165, 1.54) is 0 Å². The van der Waals surface area contributed by atoms with Gasteiger partial charge in [0, 0.05) is 13.2 Å². The molecule has 3 nitrogen and oxygen atoms in total. The molecule has 1 saturated heterocycles. The first-order chi connectivity index (χ1) is 4.66. The maximum atomic E-state index is 5.44. The van der Waals surface area contributed by atoms with Crippen LogP contribution in [0.2, 0.25) is 0 Å².